The van der Waals surface area contributed by atoms with Gasteiger partial charge in [-0.1, -0.05) is 18.2 Å². The zero-order valence-corrected chi connectivity index (χ0v) is 15.6. The average molecular weight is 367 g/mol. The maximum atomic E-state index is 12.3. The van der Waals surface area contributed by atoms with E-state index in [2.05, 4.69) is 15.3 Å². The number of aliphatic hydroxyl groups is 1. The highest BCUT2D eigenvalue weighted by molar-refractivity contribution is 7.09. The van der Waals surface area contributed by atoms with E-state index in [4.69, 9.17) is 0 Å². The van der Waals surface area contributed by atoms with Gasteiger partial charge in [-0.2, -0.15) is 0 Å². The van der Waals surface area contributed by atoms with Crippen LogP contribution in [0.1, 0.15) is 39.7 Å². The first-order valence-corrected chi connectivity index (χ1v) is 9.35. The van der Waals surface area contributed by atoms with Crippen LogP contribution in [0.4, 0.5) is 0 Å². The fourth-order valence-electron chi connectivity index (χ4n) is 2.60. The standard InChI is InChI=1S/C20H21N3O2S/c1-13-19(26-12-22-13)10-11-21-20(25)16-8-6-15(7-9-16)18-5-3-4-17(23-18)14(2)24/h3-9,12,14,24H,10-11H2,1-2H3,(H,21,25). The highest BCUT2D eigenvalue weighted by Crippen LogP contribution is 2.20. The highest BCUT2D eigenvalue weighted by atomic mass is 32.1. The lowest BCUT2D eigenvalue weighted by Gasteiger charge is -2.08. The number of thiazole rings is 1. The molecule has 3 rings (SSSR count). The second kappa shape index (κ2) is 8.21. The van der Waals surface area contributed by atoms with Gasteiger partial charge in [0.2, 0.25) is 0 Å². The molecular weight excluding hydrogens is 346 g/mol. The summed E-state index contributed by atoms with van der Waals surface area (Å²) in [5.41, 5.74) is 5.77. The van der Waals surface area contributed by atoms with Crippen LogP contribution in [0.25, 0.3) is 11.3 Å². The molecule has 0 saturated heterocycles. The number of hydrogen-bond acceptors (Lipinski definition) is 5. The molecule has 1 aromatic carbocycles. The van der Waals surface area contributed by atoms with Gasteiger partial charge in [-0.15, -0.1) is 11.3 Å². The van der Waals surface area contributed by atoms with Gasteiger partial charge in [-0.05, 0) is 38.1 Å². The molecule has 2 heterocycles. The van der Waals surface area contributed by atoms with Crippen molar-refractivity contribution in [3.63, 3.8) is 0 Å². The van der Waals surface area contributed by atoms with Crippen LogP contribution in [0.2, 0.25) is 0 Å². The molecule has 0 bridgehead atoms. The predicted octanol–water partition coefficient (Wildman–Crippen LogP) is 3.54. The van der Waals surface area contributed by atoms with Crippen molar-refractivity contribution in [2.75, 3.05) is 6.54 Å². The summed E-state index contributed by atoms with van der Waals surface area (Å²) >= 11 is 1.61. The SMILES string of the molecule is Cc1ncsc1CCNC(=O)c1ccc(-c2cccc(C(C)O)n2)cc1. The lowest BCUT2D eigenvalue weighted by Crippen LogP contribution is -2.25. The molecular formula is C20H21N3O2S. The Labute approximate surface area is 156 Å². The minimum Gasteiger partial charge on any atom is -0.387 e. The fraction of sp³-hybridized carbons (Fsp3) is 0.250. The van der Waals surface area contributed by atoms with E-state index in [1.807, 2.05) is 36.7 Å². The first-order valence-electron chi connectivity index (χ1n) is 8.47. The monoisotopic (exact) mass is 367 g/mol. The summed E-state index contributed by atoms with van der Waals surface area (Å²) < 4.78 is 0. The molecule has 0 aliphatic heterocycles. The summed E-state index contributed by atoms with van der Waals surface area (Å²) in [6.45, 7) is 4.25. The van der Waals surface area contributed by atoms with Crippen LogP contribution < -0.4 is 5.32 Å². The first-order chi connectivity index (χ1) is 12.5. The van der Waals surface area contributed by atoms with Crippen LogP contribution in [-0.2, 0) is 6.42 Å². The number of pyridine rings is 1. The van der Waals surface area contributed by atoms with Crippen LogP contribution in [0.5, 0.6) is 0 Å². The van der Waals surface area contributed by atoms with Gasteiger partial charge < -0.3 is 10.4 Å². The lowest BCUT2D eigenvalue weighted by atomic mass is 10.1. The largest absolute Gasteiger partial charge is 0.387 e. The maximum absolute atomic E-state index is 12.3. The highest BCUT2D eigenvalue weighted by Gasteiger charge is 2.09. The number of amides is 1. The number of aromatic nitrogens is 2. The molecule has 1 unspecified atom stereocenters. The van der Waals surface area contributed by atoms with E-state index >= 15 is 0 Å². The summed E-state index contributed by atoms with van der Waals surface area (Å²) in [6.07, 6.45) is 0.179. The van der Waals surface area contributed by atoms with E-state index in [1.165, 1.54) is 4.88 Å². The van der Waals surface area contributed by atoms with Crippen molar-refractivity contribution >= 4 is 17.2 Å². The average Bonchev–Trinajstić information content (AvgIpc) is 3.07. The molecule has 0 saturated carbocycles. The van der Waals surface area contributed by atoms with Gasteiger partial charge in [0.1, 0.15) is 0 Å². The molecule has 0 aliphatic carbocycles. The molecule has 5 nitrogen and oxygen atoms in total. The number of nitrogens with one attached hydrogen (secondary N) is 1. The van der Waals surface area contributed by atoms with E-state index in [1.54, 1.807) is 36.5 Å². The summed E-state index contributed by atoms with van der Waals surface area (Å²) in [5.74, 6) is -0.0931. The van der Waals surface area contributed by atoms with E-state index in [-0.39, 0.29) is 5.91 Å². The van der Waals surface area contributed by atoms with Gasteiger partial charge >= 0.3 is 0 Å². The van der Waals surface area contributed by atoms with Crippen LogP contribution in [0.3, 0.4) is 0 Å². The molecule has 1 amide bonds. The third kappa shape index (κ3) is 4.33. The Kier molecular flexibility index (Phi) is 5.75. The number of carbonyl (C=O) groups excluding carboxylic acids is 1. The minimum absolute atomic E-state index is 0.0931. The molecule has 0 spiro atoms. The molecule has 2 N–H and O–H groups in total. The van der Waals surface area contributed by atoms with Crippen LogP contribution in [-0.4, -0.2) is 27.5 Å². The number of hydrogen-bond donors (Lipinski definition) is 2. The number of aliphatic hydroxyl groups excluding tert-OH is 1. The molecule has 0 fully saturated rings. The van der Waals surface area contributed by atoms with Crippen molar-refractivity contribution < 1.29 is 9.90 Å². The second-order valence-electron chi connectivity index (χ2n) is 6.07. The lowest BCUT2D eigenvalue weighted by molar-refractivity contribution is 0.0954. The normalized spacial score (nSPS) is 12.0. The number of carbonyl (C=O) groups is 1. The topological polar surface area (TPSA) is 75.1 Å². The Morgan fingerprint density at radius 2 is 2.00 bits per heavy atom. The number of aryl methyl sites for hydroxylation is 1. The molecule has 2 aromatic heterocycles. The van der Waals surface area contributed by atoms with Crippen molar-refractivity contribution in [3.8, 4) is 11.3 Å². The Morgan fingerprint density at radius 1 is 1.23 bits per heavy atom. The molecule has 134 valence electrons. The zero-order chi connectivity index (χ0) is 18.5. The van der Waals surface area contributed by atoms with Gasteiger partial charge in [-0.3, -0.25) is 9.78 Å². The van der Waals surface area contributed by atoms with Crippen LogP contribution in [0, 0.1) is 6.92 Å². The van der Waals surface area contributed by atoms with Crippen LogP contribution >= 0.6 is 11.3 Å². The molecule has 0 aliphatic rings. The van der Waals surface area contributed by atoms with Crippen molar-refractivity contribution in [3.05, 3.63) is 69.8 Å². The molecule has 0 radical (unpaired) electrons. The summed E-state index contributed by atoms with van der Waals surface area (Å²) in [5, 5.41) is 12.6. The summed E-state index contributed by atoms with van der Waals surface area (Å²) in [7, 11) is 0. The first kappa shape index (κ1) is 18.2. The van der Waals surface area contributed by atoms with Crippen molar-refractivity contribution in [2.24, 2.45) is 0 Å². The number of nitrogens with zero attached hydrogens (tertiary/aromatic N) is 2. The molecule has 3 aromatic rings. The Balaban J connectivity index is 1.62. The van der Waals surface area contributed by atoms with Gasteiger partial charge in [0.25, 0.3) is 5.91 Å². The van der Waals surface area contributed by atoms with Crippen molar-refractivity contribution in [1.29, 1.82) is 0 Å². The molecule has 1 atom stereocenters. The van der Waals surface area contributed by atoms with Gasteiger partial charge in [-0.25, -0.2) is 4.98 Å². The minimum atomic E-state index is -0.609. The Morgan fingerprint density at radius 3 is 2.65 bits per heavy atom. The third-order valence-electron chi connectivity index (χ3n) is 4.12. The smallest absolute Gasteiger partial charge is 0.251 e. The second-order valence-corrected chi connectivity index (χ2v) is 7.01. The maximum Gasteiger partial charge on any atom is 0.251 e. The predicted molar refractivity (Wildman–Crippen MR) is 103 cm³/mol. The molecule has 26 heavy (non-hydrogen) atoms. The van der Waals surface area contributed by atoms with E-state index < -0.39 is 6.10 Å². The van der Waals surface area contributed by atoms with Gasteiger partial charge in [0, 0.05) is 29.0 Å². The summed E-state index contributed by atoms with van der Waals surface area (Å²) in [4.78, 5) is 22.1. The van der Waals surface area contributed by atoms with E-state index in [0.29, 0.717) is 17.8 Å². The molecule has 6 heteroatoms. The zero-order valence-electron chi connectivity index (χ0n) is 14.8. The van der Waals surface area contributed by atoms with Gasteiger partial charge in [0.05, 0.1) is 28.7 Å². The van der Waals surface area contributed by atoms with E-state index in [0.717, 1.165) is 23.4 Å². The fourth-order valence-corrected chi connectivity index (χ4v) is 3.38. The Bertz CT molecular complexity index is 888. The van der Waals surface area contributed by atoms with Crippen molar-refractivity contribution in [2.45, 2.75) is 26.4 Å². The number of benzene rings is 1. The Hall–Kier alpha value is -2.57. The number of rotatable bonds is 6. The summed E-state index contributed by atoms with van der Waals surface area (Å²) in [6, 6.07) is 12.9. The third-order valence-corrected chi connectivity index (χ3v) is 5.12. The van der Waals surface area contributed by atoms with Crippen LogP contribution in [0.15, 0.2) is 48.0 Å². The van der Waals surface area contributed by atoms with E-state index in [9.17, 15) is 9.90 Å². The van der Waals surface area contributed by atoms with Gasteiger partial charge in [0.15, 0.2) is 0 Å². The van der Waals surface area contributed by atoms with Crippen molar-refractivity contribution in [1.82, 2.24) is 15.3 Å². The quantitative estimate of drug-likeness (QED) is 0.699.